The molecule has 0 bridgehead atoms. The maximum atomic E-state index is 12.4. The quantitative estimate of drug-likeness (QED) is 0.684. The van der Waals surface area contributed by atoms with Crippen molar-refractivity contribution in [2.45, 2.75) is 30.2 Å². The first-order valence-corrected chi connectivity index (χ1v) is 10.8. The minimum Gasteiger partial charge on any atom is -0.349 e. The lowest BCUT2D eigenvalue weighted by Gasteiger charge is -2.32. The maximum absolute atomic E-state index is 12.4. The molecule has 27 heavy (non-hydrogen) atoms. The molecule has 0 radical (unpaired) electrons. The Morgan fingerprint density at radius 3 is 2.67 bits per heavy atom. The average Bonchev–Trinajstić information content (AvgIpc) is 2.70. The minimum atomic E-state index is -0.0993. The van der Waals surface area contributed by atoms with Gasteiger partial charge in [-0.25, -0.2) is 0 Å². The van der Waals surface area contributed by atoms with Crippen LogP contribution in [0.4, 0.5) is 0 Å². The van der Waals surface area contributed by atoms with E-state index in [4.69, 9.17) is 0 Å². The number of pyridine rings is 1. The molecule has 0 aliphatic carbocycles. The van der Waals surface area contributed by atoms with Gasteiger partial charge in [-0.05, 0) is 53.0 Å². The van der Waals surface area contributed by atoms with Gasteiger partial charge in [-0.1, -0.05) is 12.1 Å². The second kappa shape index (κ2) is 9.90. The number of aromatic nitrogens is 1. The predicted octanol–water partition coefficient (Wildman–Crippen LogP) is 3.75. The van der Waals surface area contributed by atoms with Gasteiger partial charge in [0.05, 0.1) is 5.56 Å². The van der Waals surface area contributed by atoms with Crippen LogP contribution in [0.2, 0.25) is 0 Å². The third-order valence-corrected chi connectivity index (χ3v) is 6.55. The highest BCUT2D eigenvalue weighted by Gasteiger charge is 2.24. The number of piperidine rings is 1. The first-order valence-electron chi connectivity index (χ1n) is 8.99. The Morgan fingerprint density at radius 2 is 1.96 bits per heavy atom. The van der Waals surface area contributed by atoms with Crippen LogP contribution in [0.3, 0.4) is 0 Å². The monoisotopic (exact) mass is 447 g/mol. The van der Waals surface area contributed by atoms with Crippen LogP contribution in [0.5, 0.6) is 0 Å². The Bertz CT molecular complexity index is 780. The van der Waals surface area contributed by atoms with Gasteiger partial charge < -0.3 is 10.2 Å². The van der Waals surface area contributed by atoms with Gasteiger partial charge in [0.25, 0.3) is 5.91 Å². The van der Waals surface area contributed by atoms with Crippen molar-refractivity contribution >= 4 is 39.5 Å². The number of amides is 2. The van der Waals surface area contributed by atoms with Crippen LogP contribution in [0.1, 0.15) is 29.6 Å². The predicted molar refractivity (Wildman–Crippen MR) is 111 cm³/mol. The van der Waals surface area contributed by atoms with E-state index in [-0.39, 0.29) is 17.9 Å². The van der Waals surface area contributed by atoms with Crippen molar-refractivity contribution in [2.75, 3.05) is 18.8 Å². The molecule has 0 atom stereocenters. The molecular weight excluding hydrogens is 426 g/mol. The van der Waals surface area contributed by atoms with E-state index < -0.39 is 0 Å². The lowest BCUT2D eigenvalue weighted by molar-refractivity contribution is -0.131. The fourth-order valence-corrected chi connectivity index (χ4v) is 4.51. The molecular formula is C20H22BrN3O2S. The summed E-state index contributed by atoms with van der Waals surface area (Å²) in [6.45, 7) is 1.38. The summed E-state index contributed by atoms with van der Waals surface area (Å²) in [5.41, 5.74) is 0.570. The Labute approximate surface area is 172 Å². The van der Waals surface area contributed by atoms with Crippen molar-refractivity contribution in [3.63, 3.8) is 0 Å². The summed E-state index contributed by atoms with van der Waals surface area (Å²) in [5.74, 6) is 0.850. The van der Waals surface area contributed by atoms with E-state index in [0.29, 0.717) is 25.1 Å². The third-order valence-electron chi connectivity index (χ3n) is 4.52. The van der Waals surface area contributed by atoms with E-state index in [1.54, 1.807) is 36.3 Å². The van der Waals surface area contributed by atoms with Crippen LogP contribution in [0.15, 0.2) is 58.2 Å². The normalized spacial score (nSPS) is 14.8. The number of nitrogens with zero attached hydrogens (tertiary/aromatic N) is 2. The minimum absolute atomic E-state index is 0.0993. The van der Waals surface area contributed by atoms with Crippen molar-refractivity contribution in [1.29, 1.82) is 0 Å². The Balaban J connectivity index is 1.39. The van der Waals surface area contributed by atoms with E-state index in [1.165, 1.54) is 0 Å². The van der Waals surface area contributed by atoms with E-state index in [1.807, 2.05) is 23.1 Å². The number of likely N-dealkylation sites (tertiary alicyclic amines) is 1. The van der Waals surface area contributed by atoms with Crippen molar-refractivity contribution in [2.24, 2.45) is 0 Å². The smallest absolute Gasteiger partial charge is 0.253 e. The van der Waals surface area contributed by atoms with Crippen LogP contribution in [-0.4, -0.2) is 46.6 Å². The number of hydrogen-bond acceptors (Lipinski definition) is 4. The van der Waals surface area contributed by atoms with Gasteiger partial charge in [-0.2, -0.15) is 0 Å². The lowest BCUT2D eigenvalue weighted by Crippen LogP contribution is -2.46. The summed E-state index contributed by atoms with van der Waals surface area (Å²) in [5, 5.41) is 3.04. The van der Waals surface area contributed by atoms with Gasteiger partial charge in [0.1, 0.15) is 0 Å². The molecule has 5 nitrogen and oxygen atoms in total. The van der Waals surface area contributed by atoms with E-state index in [2.05, 4.69) is 32.3 Å². The highest BCUT2D eigenvalue weighted by molar-refractivity contribution is 9.10. The summed E-state index contributed by atoms with van der Waals surface area (Å²) in [7, 11) is 0. The van der Waals surface area contributed by atoms with Gasteiger partial charge in [0.15, 0.2) is 0 Å². The Morgan fingerprint density at radius 1 is 1.19 bits per heavy atom. The molecule has 1 fully saturated rings. The number of benzene rings is 1. The van der Waals surface area contributed by atoms with Gasteiger partial charge in [-0.15, -0.1) is 11.8 Å². The highest BCUT2D eigenvalue weighted by Crippen LogP contribution is 2.27. The number of rotatable bonds is 6. The Kier molecular flexibility index (Phi) is 7.29. The molecule has 2 amide bonds. The van der Waals surface area contributed by atoms with Crippen molar-refractivity contribution < 1.29 is 9.59 Å². The summed E-state index contributed by atoms with van der Waals surface area (Å²) in [6.07, 6.45) is 5.31. The molecule has 7 heteroatoms. The molecule has 1 aliphatic heterocycles. The van der Waals surface area contributed by atoms with Crippen LogP contribution in [-0.2, 0) is 4.79 Å². The summed E-state index contributed by atoms with van der Waals surface area (Å²) in [6, 6.07) is 11.7. The molecule has 1 saturated heterocycles. The number of carbonyl (C=O) groups is 2. The number of halogens is 1. The highest BCUT2D eigenvalue weighted by atomic mass is 79.9. The van der Waals surface area contributed by atoms with Crippen molar-refractivity contribution in [3.05, 3.63) is 58.8 Å². The second-order valence-corrected chi connectivity index (χ2v) is 8.39. The molecule has 0 unspecified atom stereocenters. The van der Waals surface area contributed by atoms with E-state index >= 15 is 0 Å². The zero-order valence-electron chi connectivity index (χ0n) is 14.9. The number of carbonyl (C=O) groups excluding carboxylic acids is 2. The molecule has 1 aliphatic rings. The average molecular weight is 448 g/mol. The molecule has 1 N–H and O–H groups in total. The molecule has 3 rings (SSSR count). The van der Waals surface area contributed by atoms with E-state index in [0.717, 1.165) is 28.0 Å². The SMILES string of the molecule is O=C(NC1CCN(C(=O)CCSc2ccccc2Br)CC1)c1cccnc1. The van der Waals surface area contributed by atoms with Gasteiger partial charge in [-0.3, -0.25) is 14.6 Å². The van der Waals surface area contributed by atoms with Crippen LogP contribution >= 0.6 is 27.7 Å². The zero-order valence-corrected chi connectivity index (χ0v) is 17.3. The largest absolute Gasteiger partial charge is 0.349 e. The number of nitrogens with one attached hydrogen (secondary N) is 1. The molecule has 0 spiro atoms. The topological polar surface area (TPSA) is 62.3 Å². The molecule has 1 aromatic carbocycles. The molecule has 2 heterocycles. The number of hydrogen-bond donors (Lipinski definition) is 1. The van der Waals surface area contributed by atoms with Gasteiger partial charge >= 0.3 is 0 Å². The molecule has 0 saturated carbocycles. The first-order chi connectivity index (χ1) is 13.1. The fourth-order valence-electron chi connectivity index (χ4n) is 3.01. The summed E-state index contributed by atoms with van der Waals surface area (Å²) < 4.78 is 1.06. The summed E-state index contributed by atoms with van der Waals surface area (Å²) >= 11 is 5.22. The third kappa shape index (κ3) is 5.81. The summed E-state index contributed by atoms with van der Waals surface area (Å²) in [4.78, 5) is 31.7. The van der Waals surface area contributed by atoms with Crippen LogP contribution in [0.25, 0.3) is 0 Å². The van der Waals surface area contributed by atoms with Crippen molar-refractivity contribution in [3.8, 4) is 0 Å². The van der Waals surface area contributed by atoms with Crippen LogP contribution in [0, 0.1) is 0 Å². The second-order valence-electron chi connectivity index (χ2n) is 6.40. The number of thioether (sulfide) groups is 1. The van der Waals surface area contributed by atoms with Crippen molar-refractivity contribution in [1.82, 2.24) is 15.2 Å². The van der Waals surface area contributed by atoms with Gasteiger partial charge in [0, 0.05) is 53.1 Å². The van der Waals surface area contributed by atoms with Crippen LogP contribution < -0.4 is 5.32 Å². The lowest BCUT2D eigenvalue weighted by atomic mass is 10.0. The molecule has 142 valence electrons. The van der Waals surface area contributed by atoms with E-state index in [9.17, 15) is 9.59 Å². The molecule has 1 aromatic heterocycles. The zero-order chi connectivity index (χ0) is 19.1. The fraction of sp³-hybridized carbons (Fsp3) is 0.350. The standard InChI is InChI=1S/C20H22BrN3O2S/c21-17-5-1-2-6-18(17)27-13-9-19(25)24-11-7-16(8-12-24)23-20(26)15-4-3-10-22-14-15/h1-6,10,14,16H,7-9,11-13H2,(H,23,26). The Hall–Kier alpha value is -1.86. The molecule has 2 aromatic rings. The maximum Gasteiger partial charge on any atom is 0.253 e. The van der Waals surface area contributed by atoms with Gasteiger partial charge in [0.2, 0.25) is 5.91 Å². The first kappa shape index (κ1) is 19.9.